The van der Waals surface area contributed by atoms with Crippen molar-refractivity contribution in [1.29, 1.82) is 0 Å². The van der Waals surface area contributed by atoms with Crippen molar-refractivity contribution in [2.75, 3.05) is 0 Å². The average Bonchev–Trinajstić information content (AvgIpc) is 2.42. The van der Waals surface area contributed by atoms with Gasteiger partial charge in [0.05, 0.1) is 0 Å². The molecule has 0 N–H and O–H groups in total. The molecule has 0 aliphatic heterocycles. The molecule has 0 aliphatic rings. The number of esters is 1. The van der Waals surface area contributed by atoms with E-state index >= 15 is 0 Å². The molecule has 0 amide bonds. The third kappa shape index (κ3) is 7.66. The Morgan fingerprint density at radius 1 is 1.16 bits per heavy atom. The van der Waals surface area contributed by atoms with Crippen LogP contribution in [0.15, 0.2) is 30.3 Å². The van der Waals surface area contributed by atoms with Gasteiger partial charge >= 0.3 is 5.97 Å². The molecule has 1 unspecified atom stereocenters. The first kappa shape index (κ1) is 15.7. The molecule has 0 bridgehead atoms. The summed E-state index contributed by atoms with van der Waals surface area (Å²) in [6.07, 6.45) is 6.72. The number of rotatable bonds is 9. The molecule has 19 heavy (non-hydrogen) atoms. The van der Waals surface area contributed by atoms with Crippen LogP contribution in [0.4, 0.5) is 0 Å². The predicted molar refractivity (Wildman–Crippen MR) is 78.8 cm³/mol. The number of hydrogen-bond acceptors (Lipinski definition) is 2. The van der Waals surface area contributed by atoms with Crippen LogP contribution < -0.4 is 0 Å². The topological polar surface area (TPSA) is 26.3 Å². The summed E-state index contributed by atoms with van der Waals surface area (Å²) in [6, 6.07) is 9.83. The minimum absolute atomic E-state index is 0.0770. The van der Waals surface area contributed by atoms with Crippen LogP contribution in [0.3, 0.4) is 0 Å². The number of carbonyl (C=O) groups excluding carboxylic acids is 1. The van der Waals surface area contributed by atoms with Crippen molar-refractivity contribution in [2.24, 2.45) is 5.92 Å². The molecule has 1 aromatic carbocycles. The highest BCUT2D eigenvalue weighted by molar-refractivity contribution is 5.69. The van der Waals surface area contributed by atoms with Crippen molar-refractivity contribution < 1.29 is 9.53 Å². The Bertz CT molecular complexity index is 346. The molecule has 1 atom stereocenters. The fraction of sp³-hybridized carbons (Fsp3) is 0.588. The Hall–Kier alpha value is -1.31. The summed E-state index contributed by atoms with van der Waals surface area (Å²) in [5, 5.41) is 0. The lowest BCUT2D eigenvalue weighted by Crippen LogP contribution is -2.09. The van der Waals surface area contributed by atoms with E-state index in [2.05, 4.69) is 13.8 Å². The Balaban J connectivity index is 2.13. The van der Waals surface area contributed by atoms with E-state index < -0.39 is 0 Å². The predicted octanol–water partition coefficient (Wildman–Crippen LogP) is 4.73. The Morgan fingerprint density at radius 2 is 1.89 bits per heavy atom. The molecule has 0 fully saturated rings. The van der Waals surface area contributed by atoms with Gasteiger partial charge in [-0.3, -0.25) is 4.79 Å². The van der Waals surface area contributed by atoms with Crippen molar-refractivity contribution in [3.63, 3.8) is 0 Å². The first-order valence-electron chi connectivity index (χ1n) is 7.42. The third-order valence-corrected chi connectivity index (χ3v) is 3.31. The number of benzene rings is 1. The zero-order valence-corrected chi connectivity index (χ0v) is 12.2. The largest absolute Gasteiger partial charge is 0.461 e. The molecule has 0 saturated carbocycles. The lowest BCUT2D eigenvalue weighted by molar-refractivity contribution is -0.146. The van der Waals surface area contributed by atoms with E-state index in [1.165, 1.54) is 25.7 Å². The molecular formula is C17H26O2. The maximum absolute atomic E-state index is 11.7. The van der Waals surface area contributed by atoms with Crippen molar-refractivity contribution in [2.45, 2.75) is 59.0 Å². The van der Waals surface area contributed by atoms with E-state index in [0.29, 0.717) is 18.9 Å². The van der Waals surface area contributed by atoms with Gasteiger partial charge in [-0.1, -0.05) is 76.3 Å². The SMILES string of the molecule is CCCCCCC(C)CC(=O)OCc1ccccc1. The van der Waals surface area contributed by atoms with Crippen molar-refractivity contribution in [1.82, 2.24) is 0 Å². The lowest BCUT2D eigenvalue weighted by atomic mass is 10.00. The van der Waals surface area contributed by atoms with Crippen LogP contribution in [0.2, 0.25) is 0 Å². The monoisotopic (exact) mass is 262 g/mol. The van der Waals surface area contributed by atoms with Gasteiger partial charge < -0.3 is 4.74 Å². The molecule has 2 heteroatoms. The number of ether oxygens (including phenoxy) is 1. The summed E-state index contributed by atoms with van der Waals surface area (Å²) in [4.78, 5) is 11.7. The number of unbranched alkanes of at least 4 members (excludes halogenated alkanes) is 3. The molecule has 0 aromatic heterocycles. The Labute approximate surface area is 117 Å². The second-order valence-electron chi connectivity index (χ2n) is 5.30. The summed E-state index contributed by atoms with van der Waals surface area (Å²) < 4.78 is 5.29. The van der Waals surface area contributed by atoms with Crippen molar-refractivity contribution >= 4 is 5.97 Å². The normalized spacial score (nSPS) is 12.1. The van der Waals surface area contributed by atoms with Crippen molar-refractivity contribution in [3.05, 3.63) is 35.9 Å². The average molecular weight is 262 g/mol. The second kappa shape index (κ2) is 9.60. The highest BCUT2D eigenvalue weighted by atomic mass is 16.5. The molecule has 1 aromatic rings. The van der Waals surface area contributed by atoms with E-state index in [1.54, 1.807) is 0 Å². The highest BCUT2D eigenvalue weighted by Crippen LogP contribution is 2.14. The van der Waals surface area contributed by atoms with Crippen LogP contribution in [0.1, 0.15) is 57.9 Å². The second-order valence-corrected chi connectivity index (χ2v) is 5.30. The van der Waals surface area contributed by atoms with Crippen LogP contribution in [0, 0.1) is 5.92 Å². The van der Waals surface area contributed by atoms with Crippen LogP contribution in [0.5, 0.6) is 0 Å². The quantitative estimate of drug-likeness (QED) is 0.475. The van der Waals surface area contributed by atoms with E-state index in [9.17, 15) is 4.79 Å². The zero-order valence-electron chi connectivity index (χ0n) is 12.2. The third-order valence-electron chi connectivity index (χ3n) is 3.31. The summed E-state index contributed by atoms with van der Waals surface area (Å²) >= 11 is 0. The van der Waals surface area contributed by atoms with Crippen molar-refractivity contribution in [3.8, 4) is 0 Å². The molecule has 0 aliphatic carbocycles. The number of hydrogen-bond donors (Lipinski definition) is 0. The van der Waals surface area contributed by atoms with E-state index in [0.717, 1.165) is 12.0 Å². The smallest absolute Gasteiger partial charge is 0.306 e. The fourth-order valence-corrected chi connectivity index (χ4v) is 2.10. The maximum atomic E-state index is 11.7. The van der Waals surface area contributed by atoms with E-state index in [4.69, 9.17) is 4.74 Å². The van der Waals surface area contributed by atoms with Gasteiger partial charge in [0.15, 0.2) is 0 Å². The zero-order chi connectivity index (χ0) is 13.9. The molecule has 1 rings (SSSR count). The van der Waals surface area contributed by atoms with Gasteiger partial charge in [0.1, 0.15) is 6.61 Å². The summed E-state index contributed by atoms with van der Waals surface area (Å²) in [7, 11) is 0. The lowest BCUT2D eigenvalue weighted by Gasteiger charge is -2.11. The molecule has 0 spiro atoms. The molecule has 106 valence electrons. The Kier molecular flexibility index (Phi) is 7.95. The van der Waals surface area contributed by atoms with Gasteiger partial charge in [0.2, 0.25) is 0 Å². The van der Waals surface area contributed by atoms with Gasteiger partial charge in [0.25, 0.3) is 0 Å². The standard InChI is InChI=1S/C17H26O2/c1-3-4-5-7-10-15(2)13-17(18)19-14-16-11-8-6-9-12-16/h6,8-9,11-12,15H,3-5,7,10,13-14H2,1-2H3. The van der Waals surface area contributed by atoms with Crippen LogP contribution >= 0.6 is 0 Å². The first-order valence-corrected chi connectivity index (χ1v) is 7.42. The van der Waals surface area contributed by atoms with Gasteiger partial charge in [-0.05, 0) is 11.5 Å². The molecular weight excluding hydrogens is 236 g/mol. The van der Waals surface area contributed by atoms with Crippen LogP contribution in [-0.2, 0) is 16.1 Å². The summed E-state index contributed by atoms with van der Waals surface area (Å²) in [5.74, 6) is 0.354. The minimum atomic E-state index is -0.0770. The Morgan fingerprint density at radius 3 is 2.58 bits per heavy atom. The van der Waals surface area contributed by atoms with E-state index in [-0.39, 0.29) is 5.97 Å². The highest BCUT2D eigenvalue weighted by Gasteiger charge is 2.10. The van der Waals surface area contributed by atoms with Gasteiger partial charge in [-0.2, -0.15) is 0 Å². The summed E-state index contributed by atoms with van der Waals surface area (Å²) in [5.41, 5.74) is 1.05. The van der Waals surface area contributed by atoms with Crippen LogP contribution in [0.25, 0.3) is 0 Å². The summed E-state index contributed by atoms with van der Waals surface area (Å²) in [6.45, 7) is 4.74. The van der Waals surface area contributed by atoms with E-state index in [1.807, 2.05) is 30.3 Å². The maximum Gasteiger partial charge on any atom is 0.306 e. The van der Waals surface area contributed by atoms with Gasteiger partial charge in [-0.25, -0.2) is 0 Å². The molecule has 2 nitrogen and oxygen atoms in total. The fourth-order valence-electron chi connectivity index (χ4n) is 2.10. The minimum Gasteiger partial charge on any atom is -0.461 e. The molecule has 0 saturated heterocycles. The van der Waals surface area contributed by atoms with Crippen LogP contribution in [-0.4, -0.2) is 5.97 Å². The number of carbonyl (C=O) groups is 1. The molecule has 0 heterocycles. The van der Waals surface area contributed by atoms with Gasteiger partial charge in [0, 0.05) is 6.42 Å². The molecule has 0 radical (unpaired) electrons. The first-order chi connectivity index (χ1) is 9.22. The van der Waals surface area contributed by atoms with Gasteiger partial charge in [-0.15, -0.1) is 0 Å².